The fraction of sp³-hybridized carbons (Fsp3) is 0.308. The fourth-order valence-electron chi connectivity index (χ4n) is 2.10. The van der Waals surface area contributed by atoms with Crippen molar-refractivity contribution in [1.82, 2.24) is 4.98 Å². The molecular weight excluding hydrogens is 238 g/mol. The van der Waals surface area contributed by atoms with Crippen LogP contribution in [0.25, 0.3) is 10.9 Å². The van der Waals surface area contributed by atoms with Gasteiger partial charge >= 0.3 is 0 Å². The second-order valence-electron chi connectivity index (χ2n) is 4.36. The van der Waals surface area contributed by atoms with Crippen LogP contribution in [0, 0.1) is 0 Å². The molecule has 17 heavy (non-hydrogen) atoms. The van der Waals surface area contributed by atoms with Gasteiger partial charge in [-0.3, -0.25) is 4.79 Å². The number of ether oxygens (including phenoxy) is 1. The van der Waals surface area contributed by atoms with Crippen molar-refractivity contribution in [2.75, 3.05) is 7.11 Å². The highest BCUT2D eigenvalue weighted by Crippen LogP contribution is 2.39. The molecule has 1 aromatic heterocycles. The Bertz CT molecular complexity index is 644. The van der Waals surface area contributed by atoms with Crippen molar-refractivity contribution in [3.8, 4) is 5.75 Å². The summed E-state index contributed by atoms with van der Waals surface area (Å²) in [5.41, 5.74) is 1.65. The van der Waals surface area contributed by atoms with Crippen molar-refractivity contribution in [3.05, 3.63) is 39.1 Å². The minimum absolute atomic E-state index is 0.0375. The maximum absolute atomic E-state index is 12.1. The zero-order valence-corrected chi connectivity index (χ0v) is 10.2. The number of rotatable bonds is 2. The SMILES string of the molecule is COc1ccc(Cl)c2c(=O)cc(C3CC3)[nH]c12. The first-order valence-corrected chi connectivity index (χ1v) is 5.98. The first-order valence-electron chi connectivity index (χ1n) is 5.60. The summed E-state index contributed by atoms with van der Waals surface area (Å²) in [7, 11) is 1.59. The van der Waals surface area contributed by atoms with Crippen molar-refractivity contribution in [2.24, 2.45) is 0 Å². The lowest BCUT2D eigenvalue weighted by Crippen LogP contribution is -2.06. The minimum atomic E-state index is -0.0375. The number of aromatic amines is 1. The van der Waals surface area contributed by atoms with E-state index >= 15 is 0 Å². The molecular formula is C13H12ClNO2. The Balaban J connectivity index is 2.38. The number of nitrogens with one attached hydrogen (secondary N) is 1. The maximum Gasteiger partial charge on any atom is 0.191 e. The Labute approximate surface area is 103 Å². The van der Waals surface area contributed by atoms with Crippen molar-refractivity contribution >= 4 is 22.5 Å². The largest absolute Gasteiger partial charge is 0.495 e. The van der Waals surface area contributed by atoms with E-state index in [1.165, 1.54) is 0 Å². The number of fused-ring (bicyclic) bond motifs is 1. The van der Waals surface area contributed by atoms with Gasteiger partial charge in [-0.2, -0.15) is 0 Å². The lowest BCUT2D eigenvalue weighted by Gasteiger charge is -2.08. The molecule has 88 valence electrons. The van der Waals surface area contributed by atoms with Crippen LogP contribution in [0.15, 0.2) is 23.0 Å². The minimum Gasteiger partial charge on any atom is -0.495 e. The molecule has 0 atom stereocenters. The average Bonchev–Trinajstić information content (AvgIpc) is 3.12. The van der Waals surface area contributed by atoms with Gasteiger partial charge in [0.2, 0.25) is 0 Å². The number of hydrogen-bond acceptors (Lipinski definition) is 2. The first-order chi connectivity index (χ1) is 8.20. The molecule has 1 aliphatic carbocycles. The zero-order chi connectivity index (χ0) is 12.0. The molecule has 0 radical (unpaired) electrons. The summed E-state index contributed by atoms with van der Waals surface area (Å²) in [6.45, 7) is 0. The Morgan fingerprint density at radius 2 is 2.18 bits per heavy atom. The third-order valence-electron chi connectivity index (χ3n) is 3.16. The van der Waals surface area contributed by atoms with Gasteiger partial charge in [-0.15, -0.1) is 0 Å². The molecule has 0 spiro atoms. The Morgan fingerprint density at radius 1 is 1.41 bits per heavy atom. The Hall–Kier alpha value is -1.48. The van der Waals surface area contributed by atoms with Crippen LogP contribution >= 0.6 is 11.6 Å². The van der Waals surface area contributed by atoms with Crippen LogP contribution in [0.1, 0.15) is 24.5 Å². The van der Waals surface area contributed by atoms with E-state index in [1.807, 2.05) is 0 Å². The van der Waals surface area contributed by atoms with Gasteiger partial charge in [-0.05, 0) is 30.9 Å². The quantitative estimate of drug-likeness (QED) is 0.889. The third-order valence-corrected chi connectivity index (χ3v) is 3.47. The van der Waals surface area contributed by atoms with Gasteiger partial charge in [0.05, 0.1) is 23.0 Å². The maximum atomic E-state index is 12.1. The molecule has 0 saturated heterocycles. The van der Waals surface area contributed by atoms with E-state index in [4.69, 9.17) is 16.3 Å². The number of H-pyrrole nitrogens is 1. The van der Waals surface area contributed by atoms with Crippen LogP contribution < -0.4 is 10.2 Å². The summed E-state index contributed by atoms with van der Waals surface area (Å²) in [6, 6.07) is 5.12. The normalized spacial score (nSPS) is 15.2. The molecule has 0 amide bonds. The summed E-state index contributed by atoms with van der Waals surface area (Å²) < 4.78 is 5.26. The monoisotopic (exact) mass is 249 g/mol. The molecule has 1 heterocycles. The summed E-state index contributed by atoms with van der Waals surface area (Å²) in [5.74, 6) is 1.15. The van der Waals surface area contributed by atoms with Gasteiger partial charge < -0.3 is 9.72 Å². The highest BCUT2D eigenvalue weighted by Gasteiger charge is 2.25. The van der Waals surface area contributed by atoms with Crippen molar-refractivity contribution < 1.29 is 4.74 Å². The van der Waals surface area contributed by atoms with E-state index in [2.05, 4.69) is 4.98 Å². The number of hydrogen-bond donors (Lipinski definition) is 1. The van der Waals surface area contributed by atoms with E-state index in [-0.39, 0.29) is 5.43 Å². The second kappa shape index (κ2) is 3.77. The second-order valence-corrected chi connectivity index (χ2v) is 4.77. The van der Waals surface area contributed by atoms with Gasteiger partial charge in [0.25, 0.3) is 0 Å². The zero-order valence-electron chi connectivity index (χ0n) is 9.42. The number of benzene rings is 1. The molecule has 1 aromatic carbocycles. The van der Waals surface area contributed by atoms with Gasteiger partial charge in [0, 0.05) is 11.8 Å². The number of aromatic nitrogens is 1. The number of methoxy groups -OCH3 is 1. The summed E-state index contributed by atoms with van der Waals surface area (Å²) in [4.78, 5) is 15.3. The smallest absolute Gasteiger partial charge is 0.191 e. The molecule has 0 bridgehead atoms. The van der Waals surface area contributed by atoms with Gasteiger partial charge in [0.1, 0.15) is 5.75 Å². The number of halogens is 1. The van der Waals surface area contributed by atoms with Crippen LogP contribution in [-0.4, -0.2) is 12.1 Å². The van der Waals surface area contributed by atoms with Crippen molar-refractivity contribution in [2.45, 2.75) is 18.8 Å². The van der Waals surface area contributed by atoms with Crippen LogP contribution in [-0.2, 0) is 0 Å². The molecule has 2 aromatic rings. The Kier molecular flexibility index (Phi) is 2.37. The molecule has 3 nitrogen and oxygen atoms in total. The van der Waals surface area contributed by atoms with Gasteiger partial charge in [-0.1, -0.05) is 11.6 Å². The van der Waals surface area contributed by atoms with E-state index in [0.717, 1.165) is 18.5 Å². The molecule has 1 fully saturated rings. The van der Waals surface area contributed by atoms with Crippen molar-refractivity contribution in [1.29, 1.82) is 0 Å². The third kappa shape index (κ3) is 1.71. The standard InChI is InChI=1S/C13H12ClNO2/c1-17-11-5-4-8(14)12-10(16)6-9(7-2-3-7)15-13(11)12/h4-7H,2-3H2,1H3,(H,15,16). The molecule has 3 rings (SSSR count). The fourth-order valence-corrected chi connectivity index (χ4v) is 2.35. The molecule has 1 N–H and O–H groups in total. The van der Waals surface area contributed by atoms with E-state index in [9.17, 15) is 4.79 Å². The molecule has 0 aliphatic heterocycles. The lowest BCUT2D eigenvalue weighted by molar-refractivity contribution is 0.419. The molecule has 4 heteroatoms. The lowest BCUT2D eigenvalue weighted by atomic mass is 10.1. The van der Waals surface area contributed by atoms with Crippen LogP contribution in [0.4, 0.5) is 0 Å². The predicted octanol–water partition coefficient (Wildman–Crippen LogP) is 3.07. The van der Waals surface area contributed by atoms with E-state index < -0.39 is 0 Å². The van der Waals surface area contributed by atoms with E-state index in [1.54, 1.807) is 25.3 Å². The van der Waals surface area contributed by atoms with Crippen LogP contribution in [0.5, 0.6) is 5.75 Å². The van der Waals surface area contributed by atoms with Crippen molar-refractivity contribution in [3.63, 3.8) is 0 Å². The average molecular weight is 250 g/mol. The highest BCUT2D eigenvalue weighted by molar-refractivity contribution is 6.35. The van der Waals surface area contributed by atoms with Crippen LogP contribution in [0.2, 0.25) is 5.02 Å². The van der Waals surface area contributed by atoms with E-state index in [0.29, 0.717) is 27.6 Å². The summed E-state index contributed by atoms with van der Waals surface area (Å²) in [6.07, 6.45) is 2.29. The number of pyridine rings is 1. The van der Waals surface area contributed by atoms with Crippen LogP contribution in [0.3, 0.4) is 0 Å². The highest BCUT2D eigenvalue weighted by atomic mass is 35.5. The summed E-state index contributed by atoms with van der Waals surface area (Å²) >= 11 is 6.06. The molecule has 1 saturated carbocycles. The molecule has 0 unspecified atom stereocenters. The first kappa shape index (κ1) is 10.7. The van der Waals surface area contributed by atoms with Gasteiger partial charge in [-0.25, -0.2) is 0 Å². The Morgan fingerprint density at radius 3 is 2.82 bits per heavy atom. The topological polar surface area (TPSA) is 42.1 Å². The van der Waals surface area contributed by atoms with Gasteiger partial charge in [0.15, 0.2) is 5.43 Å². The molecule has 1 aliphatic rings. The summed E-state index contributed by atoms with van der Waals surface area (Å²) in [5, 5.41) is 0.972. The predicted molar refractivity (Wildman–Crippen MR) is 68.1 cm³/mol.